The first-order chi connectivity index (χ1) is 42.4. The summed E-state index contributed by atoms with van der Waals surface area (Å²) in [7, 11) is 0. The zero-order chi connectivity index (χ0) is 62.3. The number of para-hydroxylation sites is 3. The van der Waals surface area contributed by atoms with Crippen molar-refractivity contribution in [1.82, 2.24) is 9.55 Å². The Kier molecular flexibility index (Phi) is 15.5. The highest BCUT2D eigenvalue weighted by Crippen LogP contribution is 2.54. The molecule has 0 bridgehead atoms. The highest BCUT2D eigenvalue weighted by Gasteiger charge is 2.35. The van der Waals surface area contributed by atoms with Crippen LogP contribution in [0.5, 0.6) is 11.5 Å². The first-order valence-corrected chi connectivity index (χ1v) is 32.9. The van der Waals surface area contributed by atoms with E-state index in [1.54, 1.807) is 0 Å². The van der Waals surface area contributed by atoms with Gasteiger partial charge in [-0.05, 0) is 194 Å². The van der Waals surface area contributed by atoms with E-state index < -0.39 is 11.6 Å². The number of pyridine rings is 1. The Morgan fingerprint density at radius 2 is 0.966 bits per heavy atom. The van der Waals surface area contributed by atoms with Crippen molar-refractivity contribution in [3.63, 3.8) is 0 Å². The van der Waals surface area contributed by atoms with Gasteiger partial charge in [0.15, 0.2) is 0 Å². The molecule has 2 fully saturated rings. The summed E-state index contributed by atoms with van der Waals surface area (Å²) in [6.45, 7) is 27.5. The molecule has 8 aromatic carbocycles. The van der Waals surface area contributed by atoms with Crippen molar-refractivity contribution < 1.29 is 13.5 Å². The maximum Gasteiger partial charge on any atom is 0.137 e. The third-order valence-corrected chi connectivity index (χ3v) is 19.6. The van der Waals surface area contributed by atoms with Crippen LogP contribution in [0.3, 0.4) is 0 Å². The van der Waals surface area contributed by atoms with Gasteiger partial charge >= 0.3 is 0 Å². The van der Waals surface area contributed by atoms with E-state index in [4.69, 9.17) is 9.72 Å². The molecule has 2 aromatic heterocycles. The van der Waals surface area contributed by atoms with E-state index in [1.807, 2.05) is 6.20 Å². The summed E-state index contributed by atoms with van der Waals surface area (Å²) < 4.78 is 41.6. The molecule has 2 saturated carbocycles. The monoisotopic (exact) mass is 1180 g/mol. The van der Waals surface area contributed by atoms with Crippen molar-refractivity contribution in [2.75, 3.05) is 16.5 Å². The van der Waals surface area contributed by atoms with Gasteiger partial charge in [-0.15, -0.1) is 0 Å². The second kappa shape index (κ2) is 23.1. The molecular formula is C82H88F2N4O. The molecule has 0 N–H and O–H groups in total. The Morgan fingerprint density at radius 1 is 0.427 bits per heavy atom. The predicted octanol–water partition coefficient (Wildman–Crippen LogP) is 23.8. The summed E-state index contributed by atoms with van der Waals surface area (Å²) in [5.41, 5.74) is 18.8. The molecule has 456 valence electrons. The largest absolute Gasteiger partial charge is 0.457 e. The molecule has 1 aliphatic heterocycles. The van der Waals surface area contributed by atoms with Crippen LogP contribution in [0.15, 0.2) is 170 Å². The second-order valence-electron chi connectivity index (χ2n) is 30.1. The standard InChI is InChI=1S/C82H88F2N4O/c1-79(2,3)57-36-37-85-76(47-57)88-72-31-20-19-28-68(72)69-35-34-64(50-75(69)88)89-65-43-56(77-66(52-24-15-13-16-25-52)29-23-30-67(77)53-26-17-14-18-27-53)42-63(49-65)86-51-87(74-33-22-21-32-73(74)86)78-70(54-38-58(80(4,5)6)44-59(39-54)81(7,8)9)45-60(82(10,11)12)46-71(78)55-40-61(83)48-62(84)41-55/h19-23,28-50,52-53H,13-18,24-27,51H2,1-12H3. The molecule has 13 rings (SSSR count). The molecular weight excluding hydrogens is 1090 g/mol. The number of aromatic nitrogens is 2. The topological polar surface area (TPSA) is 33.5 Å². The lowest BCUT2D eigenvalue weighted by molar-refractivity contribution is 0.436. The lowest BCUT2D eigenvalue weighted by Gasteiger charge is -2.32. The maximum atomic E-state index is 15.9. The molecule has 10 aromatic rings. The summed E-state index contributed by atoms with van der Waals surface area (Å²) >= 11 is 0. The van der Waals surface area contributed by atoms with Gasteiger partial charge < -0.3 is 14.5 Å². The third kappa shape index (κ3) is 11.8. The van der Waals surface area contributed by atoms with Gasteiger partial charge in [-0.1, -0.05) is 188 Å². The number of hydrogen-bond acceptors (Lipinski definition) is 4. The molecule has 0 spiro atoms. The Labute approximate surface area is 527 Å². The number of nitrogens with zero attached hydrogens (tertiary/aromatic N) is 4. The van der Waals surface area contributed by atoms with E-state index in [0.717, 1.165) is 95.8 Å². The van der Waals surface area contributed by atoms with Crippen LogP contribution in [-0.4, -0.2) is 16.2 Å². The highest BCUT2D eigenvalue weighted by molar-refractivity contribution is 6.09. The Morgan fingerprint density at radius 3 is 1.56 bits per heavy atom. The van der Waals surface area contributed by atoms with Gasteiger partial charge in [-0.25, -0.2) is 13.8 Å². The molecule has 0 unspecified atom stereocenters. The van der Waals surface area contributed by atoms with Crippen LogP contribution in [0.4, 0.5) is 31.5 Å². The molecule has 5 nitrogen and oxygen atoms in total. The minimum atomic E-state index is -0.612. The number of benzene rings is 8. The maximum absolute atomic E-state index is 15.9. The Bertz CT molecular complexity index is 4230. The Balaban J connectivity index is 1.04. The number of fused-ring (bicyclic) bond motifs is 4. The number of anilines is 4. The zero-order valence-corrected chi connectivity index (χ0v) is 54.6. The van der Waals surface area contributed by atoms with Gasteiger partial charge in [0.25, 0.3) is 0 Å². The van der Waals surface area contributed by atoms with Crippen molar-refractivity contribution in [1.29, 1.82) is 0 Å². The number of ether oxygens (including phenoxy) is 1. The van der Waals surface area contributed by atoms with E-state index in [-0.39, 0.29) is 21.7 Å². The molecule has 3 heterocycles. The van der Waals surface area contributed by atoms with E-state index in [2.05, 4.69) is 243 Å². The van der Waals surface area contributed by atoms with Crippen LogP contribution < -0.4 is 14.5 Å². The summed E-state index contributed by atoms with van der Waals surface area (Å²) in [6.07, 6.45) is 14.2. The average Bonchev–Trinajstić information content (AvgIpc) is 1.88. The molecule has 0 atom stereocenters. The van der Waals surface area contributed by atoms with Crippen molar-refractivity contribution in [2.24, 2.45) is 0 Å². The summed E-state index contributed by atoms with van der Waals surface area (Å²) in [5, 5.41) is 2.29. The normalized spacial score (nSPS) is 15.6. The Hall–Kier alpha value is -8.03. The van der Waals surface area contributed by atoms with Crippen molar-refractivity contribution in [3.8, 4) is 50.7 Å². The predicted molar refractivity (Wildman–Crippen MR) is 370 cm³/mol. The lowest BCUT2D eigenvalue weighted by Crippen LogP contribution is -2.25. The summed E-state index contributed by atoms with van der Waals surface area (Å²) in [5.74, 6) is 2.05. The quantitative estimate of drug-likeness (QED) is 0.137. The highest BCUT2D eigenvalue weighted by atomic mass is 19.1. The molecule has 2 aliphatic carbocycles. The second-order valence-corrected chi connectivity index (χ2v) is 30.1. The first kappa shape index (κ1) is 59.9. The van der Waals surface area contributed by atoms with Crippen LogP contribution in [0.1, 0.15) is 193 Å². The van der Waals surface area contributed by atoms with Gasteiger partial charge in [0.2, 0.25) is 0 Å². The van der Waals surface area contributed by atoms with E-state index in [0.29, 0.717) is 24.1 Å². The van der Waals surface area contributed by atoms with E-state index >= 15 is 8.78 Å². The van der Waals surface area contributed by atoms with E-state index in [9.17, 15) is 0 Å². The SMILES string of the molecule is CC(C)(C)c1cc(-c2cc(C(C)(C)C)cc(-c3cc(F)cc(F)c3)c2N2CN(c3cc(Oc4ccc5c6ccccc6n(-c6cc(C(C)(C)C)ccn6)c5c4)cc(-c4c(C5CCCCC5)cccc4C4CCCCC4)c3)c3ccccc32)cc(C(C)(C)C)c1. The van der Waals surface area contributed by atoms with Crippen LogP contribution in [0.2, 0.25) is 0 Å². The van der Waals surface area contributed by atoms with Gasteiger partial charge in [0.1, 0.15) is 35.6 Å². The minimum Gasteiger partial charge on any atom is -0.457 e. The minimum absolute atomic E-state index is 0.0663. The van der Waals surface area contributed by atoms with Gasteiger partial charge in [-0.3, -0.25) is 4.57 Å². The van der Waals surface area contributed by atoms with Crippen LogP contribution in [0.25, 0.3) is 61.0 Å². The van der Waals surface area contributed by atoms with Crippen LogP contribution >= 0.6 is 0 Å². The van der Waals surface area contributed by atoms with Gasteiger partial charge in [0, 0.05) is 52.0 Å². The van der Waals surface area contributed by atoms with Crippen molar-refractivity contribution in [3.05, 3.63) is 215 Å². The number of hydrogen-bond donors (Lipinski definition) is 0. The fourth-order valence-corrected chi connectivity index (χ4v) is 14.6. The fourth-order valence-electron chi connectivity index (χ4n) is 14.6. The van der Waals surface area contributed by atoms with Crippen LogP contribution in [0, 0.1) is 11.6 Å². The summed E-state index contributed by atoms with van der Waals surface area (Å²) in [6, 6.07) is 58.0. The molecule has 0 amide bonds. The molecule has 7 heteroatoms. The summed E-state index contributed by atoms with van der Waals surface area (Å²) in [4.78, 5) is 9.87. The van der Waals surface area contributed by atoms with Crippen molar-refractivity contribution >= 4 is 44.6 Å². The fraction of sp³-hybridized carbons (Fsp3) is 0.354. The lowest BCUT2D eigenvalue weighted by atomic mass is 9.75. The zero-order valence-electron chi connectivity index (χ0n) is 54.6. The molecule has 0 saturated heterocycles. The van der Waals surface area contributed by atoms with Crippen molar-refractivity contribution in [2.45, 2.75) is 181 Å². The van der Waals surface area contributed by atoms with Crippen LogP contribution in [-0.2, 0) is 21.7 Å². The smallest absolute Gasteiger partial charge is 0.137 e. The van der Waals surface area contributed by atoms with Gasteiger partial charge in [0.05, 0.1) is 28.1 Å². The number of halogens is 2. The molecule has 0 radical (unpaired) electrons. The molecule has 89 heavy (non-hydrogen) atoms. The first-order valence-electron chi connectivity index (χ1n) is 32.9. The number of rotatable bonds is 10. The van der Waals surface area contributed by atoms with E-state index in [1.165, 1.54) is 110 Å². The average molecular weight is 1180 g/mol. The molecule has 3 aliphatic rings. The van der Waals surface area contributed by atoms with Gasteiger partial charge in [-0.2, -0.15) is 0 Å². The third-order valence-electron chi connectivity index (χ3n) is 19.6.